The van der Waals surface area contributed by atoms with E-state index in [0.717, 1.165) is 5.56 Å². The van der Waals surface area contributed by atoms with E-state index in [-0.39, 0.29) is 5.92 Å². The Balaban J connectivity index is 1.95. The van der Waals surface area contributed by atoms with Gasteiger partial charge in [0.05, 0.1) is 6.54 Å². The van der Waals surface area contributed by atoms with Gasteiger partial charge in [0, 0.05) is 5.02 Å². The number of aliphatic hydroxyl groups is 1. The highest BCUT2D eigenvalue weighted by Crippen LogP contribution is 2.46. The molecule has 0 unspecified atom stereocenters. The Morgan fingerprint density at radius 2 is 2.10 bits per heavy atom. The van der Waals surface area contributed by atoms with Crippen molar-refractivity contribution in [2.75, 3.05) is 0 Å². The third-order valence-corrected chi connectivity index (χ3v) is 4.55. The second kappa shape index (κ2) is 5.19. The van der Waals surface area contributed by atoms with Gasteiger partial charge >= 0.3 is 0 Å². The van der Waals surface area contributed by atoms with Gasteiger partial charge in [-0.2, -0.15) is 5.10 Å². The highest BCUT2D eigenvalue weighted by Gasteiger charge is 2.44. The lowest BCUT2D eigenvalue weighted by Crippen LogP contribution is -2.39. The fraction of sp³-hybridized carbons (Fsp3) is 0.467. The summed E-state index contributed by atoms with van der Waals surface area (Å²) in [5.41, 5.74) is -0.0591. The molecule has 0 saturated heterocycles. The van der Waals surface area contributed by atoms with Gasteiger partial charge in [-0.3, -0.25) is 0 Å². The summed E-state index contributed by atoms with van der Waals surface area (Å²) in [7, 11) is 0. The van der Waals surface area contributed by atoms with Crippen LogP contribution in [0.4, 0.5) is 0 Å². The molecule has 4 nitrogen and oxygen atoms in total. The molecule has 2 atom stereocenters. The largest absolute Gasteiger partial charge is 0.383 e. The average Bonchev–Trinajstić information content (AvgIpc) is 3.17. The van der Waals surface area contributed by atoms with E-state index >= 15 is 0 Å². The van der Waals surface area contributed by atoms with Crippen molar-refractivity contribution in [3.63, 3.8) is 0 Å². The summed E-state index contributed by atoms with van der Waals surface area (Å²) >= 11 is 5.95. The zero-order chi connectivity index (χ0) is 14.2. The van der Waals surface area contributed by atoms with Crippen LogP contribution in [0.15, 0.2) is 36.9 Å². The van der Waals surface area contributed by atoms with Gasteiger partial charge in [-0.1, -0.05) is 30.7 Å². The molecule has 1 N–H and O–H groups in total. The minimum absolute atomic E-state index is 0.174. The van der Waals surface area contributed by atoms with Crippen LogP contribution in [-0.4, -0.2) is 19.9 Å². The maximum atomic E-state index is 11.3. The first-order chi connectivity index (χ1) is 9.59. The van der Waals surface area contributed by atoms with E-state index in [1.165, 1.54) is 19.2 Å². The van der Waals surface area contributed by atoms with Crippen LogP contribution in [0.3, 0.4) is 0 Å². The number of benzene rings is 1. The number of rotatable bonds is 5. The van der Waals surface area contributed by atoms with Crippen LogP contribution < -0.4 is 0 Å². The van der Waals surface area contributed by atoms with Gasteiger partial charge in [-0.15, -0.1) is 0 Å². The van der Waals surface area contributed by atoms with Crippen LogP contribution in [0.2, 0.25) is 5.02 Å². The van der Waals surface area contributed by atoms with Crippen LogP contribution in [0.1, 0.15) is 25.3 Å². The van der Waals surface area contributed by atoms with E-state index in [1.54, 1.807) is 11.0 Å². The van der Waals surface area contributed by atoms with Crippen molar-refractivity contribution in [2.24, 2.45) is 11.8 Å². The molecular formula is C15H18ClN3O. The van der Waals surface area contributed by atoms with E-state index < -0.39 is 5.60 Å². The van der Waals surface area contributed by atoms with Crippen LogP contribution in [0.25, 0.3) is 0 Å². The van der Waals surface area contributed by atoms with Crippen molar-refractivity contribution in [3.8, 4) is 0 Å². The summed E-state index contributed by atoms with van der Waals surface area (Å²) in [5.74, 6) is 0.757. The summed E-state index contributed by atoms with van der Waals surface area (Å²) in [6, 6.07) is 7.45. The molecule has 1 aliphatic carbocycles. The number of halogens is 1. The topological polar surface area (TPSA) is 50.9 Å². The highest BCUT2D eigenvalue weighted by molar-refractivity contribution is 6.30. The first-order valence-electron chi connectivity index (χ1n) is 6.90. The molecule has 3 rings (SSSR count). The van der Waals surface area contributed by atoms with Crippen molar-refractivity contribution in [1.29, 1.82) is 0 Å². The molecule has 20 heavy (non-hydrogen) atoms. The minimum atomic E-state index is -0.945. The molecular weight excluding hydrogens is 274 g/mol. The van der Waals surface area contributed by atoms with Gasteiger partial charge in [0.2, 0.25) is 0 Å². The van der Waals surface area contributed by atoms with Crippen molar-refractivity contribution >= 4 is 11.6 Å². The number of hydrogen-bond donors (Lipinski definition) is 1. The number of hydrogen-bond acceptors (Lipinski definition) is 3. The van der Waals surface area contributed by atoms with E-state index in [4.69, 9.17) is 11.6 Å². The minimum Gasteiger partial charge on any atom is -0.383 e. The summed E-state index contributed by atoms with van der Waals surface area (Å²) in [6.07, 6.45) is 5.51. The van der Waals surface area contributed by atoms with Crippen LogP contribution >= 0.6 is 11.6 Å². The van der Waals surface area contributed by atoms with E-state index in [0.29, 0.717) is 17.5 Å². The quantitative estimate of drug-likeness (QED) is 0.921. The third-order valence-electron chi connectivity index (χ3n) is 4.30. The van der Waals surface area contributed by atoms with Gasteiger partial charge < -0.3 is 5.11 Å². The van der Waals surface area contributed by atoms with Gasteiger partial charge in [0.15, 0.2) is 0 Å². The molecule has 106 valence electrons. The SMILES string of the molecule is C[C@@H](C1CC1)[C@](O)(Cn1cncn1)c1ccc(Cl)cc1. The Kier molecular flexibility index (Phi) is 3.52. The van der Waals surface area contributed by atoms with Crippen molar-refractivity contribution in [3.05, 3.63) is 47.5 Å². The molecule has 1 fully saturated rings. The Morgan fingerprint density at radius 1 is 1.40 bits per heavy atom. The lowest BCUT2D eigenvalue weighted by atomic mass is 9.79. The summed E-state index contributed by atoms with van der Waals surface area (Å²) < 4.78 is 1.69. The van der Waals surface area contributed by atoms with E-state index in [1.807, 2.05) is 24.3 Å². The fourth-order valence-electron chi connectivity index (χ4n) is 2.78. The highest BCUT2D eigenvalue weighted by atomic mass is 35.5. The fourth-order valence-corrected chi connectivity index (χ4v) is 2.91. The van der Waals surface area contributed by atoms with Crippen LogP contribution in [-0.2, 0) is 12.1 Å². The van der Waals surface area contributed by atoms with Crippen LogP contribution in [0.5, 0.6) is 0 Å². The zero-order valence-electron chi connectivity index (χ0n) is 11.4. The summed E-state index contributed by atoms with van der Waals surface area (Å²) in [6.45, 7) is 2.52. The Bertz CT molecular complexity index is 565. The van der Waals surface area contributed by atoms with E-state index in [2.05, 4.69) is 17.0 Å². The molecule has 1 aromatic carbocycles. The van der Waals surface area contributed by atoms with Gasteiger partial charge in [0.1, 0.15) is 18.3 Å². The van der Waals surface area contributed by atoms with Gasteiger partial charge in [0.25, 0.3) is 0 Å². The normalized spacial score (nSPS) is 19.6. The molecule has 1 saturated carbocycles. The first-order valence-corrected chi connectivity index (χ1v) is 7.28. The van der Waals surface area contributed by atoms with Crippen LogP contribution in [0, 0.1) is 11.8 Å². The maximum Gasteiger partial charge on any atom is 0.137 e. The Hall–Kier alpha value is -1.39. The predicted molar refractivity (Wildman–Crippen MR) is 77.3 cm³/mol. The number of aromatic nitrogens is 3. The standard InChI is InChI=1S/C15H18ClN3O/c1-11(12-2-3-12)15(20,8-19-10-17-9-18-19)13-4-6-14(16)7-5-13/h4-7,9-12,20H,2-3,8H2,1H3/t11-,15+/m0/s1. The maximum absolute atomic E-state index is 11.3. The van der Waals surface area contributed by atoms with Crippen molar-refractivity contribution in [2.45, 2.75) is 31.9 Å². The second-order valence-corrected chi connectivity index (χ2v) is 6.09. The third kappa shape index (κ3) is 2.58. The molecule has 0 radical (unpaired) electrons. The van der Waals surface area contributed by atoms with Gasteiger partial charge in [-0.25, -0.2) is 9.67 Å². The molecule has 0 aliphatic heterocycles. The van der Waals surface area contributed by atoms with Crippen molar-refractivity contribution < 1.29 is 5.11 Å². The van der Waals surface area contributed by atoms with Crippen molar-refractivity contribution in [1.82, 2.24) is 14.8 Å². The molecule has 1 aromatic heterocycles. The zero-order valence-corrected chi connectivity index (χ0v) is 12.2. The lowest BCUT2D eigenvalue weighted by molar-refractivity contribution is -0.0442. The average molecular weight is 292 g/mol. The smallest absolute Gasteiger partial charge is 0.137 e. The lowest BCUT2D eigenvalue weighted by Gasteiger charge is -2.35. The van der Waals surface area contributed by atoms with E-state index in [9.17, 15) is 5.11 Å². The Morgan fingerprint density at radius 3 is 2.65 bits per heavy atom. The molecule has 2 aromatic rings. The summed E-state index contributed by atoms with van der Waals surface area (Å²) in [4.78, 5) is 3.95. The Labute approximate surface area is 123 Å². The molecule has 0 bridgehead atoms. The van der Waals surface area contributed by atoms with Gasteiger partial charge in [-0.05, 0) is 42.4 Å². The summed E-state index contributed by atoms with van der Waals surface area (Å²) in [5, 5.41) is 16.1. The molecule has 0 amide bonds. The predicted octanol–water partition coefficient (Wildman–Crippen LogP) is 2.87. The molecule has 1 aliphatic rings. The first kappa shape index (κ1) is 13.6. The molecule has 0 spiro atoms. The monoisotopic (exact) mass is 291 g/mol. The second-order valence-electron chi connectivity index (χ2n) is 5.65. The number of nitrogens with zero attached hydrogens (tertiary/aromatic N) is 3. The molecule has 5 heteroatoms. The molecule has 1 heterocycles.